The second kappa shape index (κ2) is 7.73. The Bertz CT molecular complexity index is 790. The third-order valence-electron chi connectivity index (χ3n) is 2.83. The maximum atomic E-state index is 11.9. The highest BCUT2D eigenvalue weighted by molar-refractivity contribution is 7.99. The fourth-order valence-corrected chi connectivity index (χ4v) is 2.44. The molecule has 9 heteroatoms. The van der Waals surface area contributed by atoms with E-state index >= 15 is 0 Å². The quantitative estimate of drug-likeness (QED) is 0.592. The lowest BCUT2D eigenvalue weighted by atomic mass is 10.3. The molecule has 0 aliphatic heterocycles. The number of pyridine rings is 1. The molecular formula is C14H16N4O4S. The summed E-state index contributed by atoms with van der Waals surface area (Å²) in [7, 11) is 0. The van der Waals surface area contributed by atoms with Crippen LogP contribution in [0, 0.1) is 6.92 Å². The number of carbonyl (C=O) groups excluding carboxylic acids is 2. The Morgan fingerprint density at radius 3 is 2.91 bits per heavy atom. The van der Waals surface area contributed by atoms with Crippen LogP contribution in [0.25, 0.3) is 5.65 Å². The summed E-state index contributed by atoms with van der Waals surface area (Å²) in [6.07, 6.45) is 1.59. The number of nitrogens with zero attached hydrogens (tertiary/aromatic N) is 3. The molecule has 0 saturated heterocycles. The zero-order valence-electron chi connectivity index (χ0n) is 12.7. The predicted octanol–water partition coefficient (Wildman–Crippen LogP) is 0.169. The second-order valence-corrected chi connectivity index (χ2v) is 5.49. The highest BCUT2D eigenvalue weighted by atomic mass is 32.2. The molecule has 2 rings (SSSR count). The van der Waals surface area contributed by atoms with Crippen molar-refractivity contribution in [1.82, 2.24) is 19.7 Å². The van der Waals surface area contributed by atoms with Gasteiger partial charge in [-0.15, -0.1) is 0 Å². The van der Waals surface area contributed by atoms with Crippen LogP contribution in [0.2, 0.25) is 0 Å². The molecule has 0 aliphatic carbocycles. The number of ether oxygens (including phenoxy) is 1. The normalized spacial score (nSPS) is 10.5. The molecule has 23 heavy (non-hydrogen) atoms. The van der Waals surface area contributed by atoms with Gasteiger partial charge in [0.25, 0.3) is 0 Å². The molecule has 0 bridgehead atoms. The molecule has 0 unspecified atom stereocenters. The van der Waals surface area contributed by atoms with Crippen LogP contribution in [0.5, 0.6) is 0 Å². The van der Waals surface area contributed by atoms with Gasteiger partial charge in [-0.3, -0.25) is 14.0 Å². The maximum absolute atomic E-state index is 11.9. The summed E-state index contributed by atoms with van der Waals surface area (Å²) in [5.74, 6) is -0.862. The Kier molecular flexibility index (Phi) is 5.69. The zero-order chi connectivity index (χ0) is 16.8. The number of hydrogen-bond acceptors (Lipinski definition) is 7. The average molecular weight is 336 g/mol. The summed E-state index contributed by atoms with van der Waals surface area (Å²) in [4.78, 5) is 42.8. The molecule has 0 aliphatic rings. The Morgan fingerprint density at radius 1 is 1.39 bits per heavy atom. The number of thioether (sulfide) groups is 1. The zero-order valence-corrected chi connectivity index (χ0v) is 13.6. The minimum Gasteiger partial charge on any atom is -0.465 e. The van der Waals surface area contributed by atoms with E-state index in [1.54, 1.807) is 19.2 Å². The number of aromatic nitrogens is 3. The molecule has 2 aromatic heterocycles. The highest BCUT2D eigenvalue weighted by Crippen LogP contribution is 2.13. The molecule has 1 N–H and O–H groups in total. The molecule has 0 spiro atoms. The lowest BCUT2D eigenvalue weighted by Crippen LogP contribution is -2.32. The monoisotopic (exact) mass is 336 g/mol. The first-order chi connectivity index (χ1) is 11.0. The third-order valence-corrected chi connectivity index (χ3v) is 3.68. The van der Waals surface area contributed by atoms with Crippen molar-refractivity contribution in [1.29, 1.82) is 0 Å². The predicted molar refractivity (Wildman–Crippen MR) is 84.4 cm³/mol. The van der Waals surface area contributed by atoms with Crippen molar-refractivity contribution in [2.75, 3.05) is 18.9 Å². The van der Waals surface area contributed by atoms with Gasteiger partial charge in [0.05, 0.1) is 12.4 Å². The number of esters is 1. The number of amides is 1. The third kappa shape index (κ3) is 4.52. The van der Waals surface area contributed by atoms with Gasteiger partial charge in [-0.25, -0.2) is 9.78 Å². The minimum atomic E-state index is -0.498. The van der Waals surface area contributed by atoms with Gasteiger partial charge in [-0.2, -0.15) is 4.98 Å². The highest BCUT2D eigenvalue weighted by Gasteiger charge is 2.10. The fraction of sp³-hybridized carbons (Fsp3) is 0.357. The van der Waals surface area contributed by atoms with E-state index in [4.69, 9.17) is 4.74 Å². The molecule has 0 radical (unpaired) electrons. The Hall–Kier alpha value is -2.42. The summed E-state index contributed by atoms with van der Waals surface area (Å²) in [6, 6.07) is 3.57. The standard InChI is InChI=1S/C14H16N4O4S/c1-3-22-11(20)7-15-10(19)8-23-13-16-12-9(2)5-4-6-18(12)14(21)17-13/h4-6H,3,7-8H2,1-2H3,(H,15,19). The van der Waals surface area contributed by atoms with Gasteiger partial charge in [-0.1, -0.05) is 17.8 Å². The van der Waals surface area contributed by atoms with Crippen molar-refractivity contribution in [2.45, 2.75) is 19.0 Å². The minimum absolute atomic E-state index is 0.000892. The van der Waals surface area contributed by atoms with Gasteiger partial charge in [0.1, 0.15) is 12.2 Å². The van der Waals surface area contributed by atoms with Crippen LogP contribution in [0.15, 0.2) is 28.3 Å². The molecule has 122 valence electrons. The fourth-order valence-electron chi connectivity index (χ4n) is 1.78. The van der Waals surface area contributed by atoms with Gasteiger partial charge in [0.15, 0.2) is 5.16 Å². The van der Waals surface area contributed by atoms with Gasteiger partial charge < -0.3 is 10.1 Å². The summed E-state index contributed by atoms with van der Waals surface area (Å²) in [5, 5.41) is 2.65. The van der Waals surface area contributed by atoms with Crippen LogP contribution in [0.3, 0.4) is 0 Å². The number of carbonyl (C=O) groups is 2. The molecule has 2 heterocycles. The molecule has 0 fully saturated rings. The Morgan fingerprint density at radius 2 is 2.17 bits per heavy atom. The lowest BCUT2D eigenvalue weighted by Gasteiger charge is -2.06. The van der Waals surface area contributed by atoms with E-state index in [9.17, 15) is 14.4 Å². The van der Waals surface area contributed by atoms with Gasteiger partial charge in [0.2, 0.25) is 5.91 Å². The van der Waals surface area contributed by atoms with Crippen molar-refractivity contribution in [3.63, 3.8) is 0 Å². The number of nitrogens with one attached hydrogen (secondary N) is 1. The number of hydrogen-bond donors (Lipinski definition) is 1. The van der Waals surface area contributed by atoms with Crippen LogP contribution in [-0.2, 0) is 14.3 Å². The largest absolute Gasteiger partial charge is 0.465 e. The lowest BCUT2D eigenvalue weighted by molar-refractivity contribution is -0.143. The Labute approximate surface area is 136 Å². The van der Waals surface area contributed by atoms with Crippen molar-refractivity contribution in [3.8, 4) is 0 Å². The molecule has 8 nitrogen and oxygen atoms in total. The first kappa shape index (κ1) is 16.9. The topological polar surface area (TPSA) is 103 Å². The van der Waals surface area contributed by atoms with Crippen molar-refractivity contribution in [3.05, 3.63) is 34.4 Å². The summed E-state index contributed by atoms with van der Waals surface area (Å²) >= 11 is 1.03. The molecule has 1 amide bonds. The van der Waals surface area contributed by atoms with E-state index in [-0.39, 0.29) is 30.0 Å². The van der Waals surface area contributed by atoms with E-state index in [1.165, 1.54) is 4.40 Å². The van der Waals surface area contributed by atoms with Crippen LogP contribution in [0.1, 0.15) is 12.5 Å². The second-order valence-electron chi connectivity index (χ2n) is 4.54. The van der Waals surface area contributed by atoms with Crippen LogP contribution < -0.4 is 11.0 Å². The van der Waals surface area contributed by atoms with Crippen LogP contribution in [-0.4, -0.2) is 45.1 Å². The molecule has 0 aromatic carbocycles. The maximum Gasteiger partial charge on any atom is 0.355 e. The van der Waals surface area contributed by atoms with Crippen molar-refractivity contribution >= 4 is 29.3 Å². The molecule has 2 aromatic rings. The SMILES string of the molecule is CCOC(=O)CNC(=O)CSc1nc(=O)n2cccc(C)c2n1. The van der Waals surface area contributed by atoms with E-state index in [2.05, 4.69) is 15.3 Å². The molecule has 0 saturated carbocycles. The molecular weight excluding hydrogens is 320 g/mol. The van der Waals surface area contributed by atoms with E-state index in [0.29, 0.717) is 5.65 Å². The summed E-state index contributed by atoms with van der Waals surface area (Å²) < 4.78 is 6.05. The van der Waals surface area contributed by atoms with Crippen LogP contribution in [0.4, 0.5) is 0 Å². The van der Waals surface area contributed by atoms with Gasteiger partial charge in [-0.05, 0) is 25.5 Å². The Balaban J connectivity index is 2.00. The van der Waals surface area contributed by atoms with Gasteiger partial charge >= 0.3 is 11.7 Å². The number of fused-ring (bicyclic) bond motifs is 1. The first-order valence-corrected chi connectivity index (χ1v) is 7.91. The molecule has 0 atom stereocenters. The average Bonchev–Trinajstić information content (AvgIpc) is 2.52. The van der Waals surface area contributed by atoms with Gasteiger partial charge in [0, 0.05) is 6.20 Å². The smallest absolute Gasteiger partial charge is 0.355 e. The summed E-state index contributed by atoms with van der Waals surface area (Å²) in [6.45, 7) is 3.60. The van der Waals surface area contributed by atoms with Crippen molar-refractivity contribution in [2.24, 2.45) is 0 Å². The first-order valence-electron chi connectivity index (χ1n) is 6.92. The number of rotatable bonds is 6. The van der Waals surface area contributed by atoms with E-state index < -0.39 is 11.7 Å². The summed E-state index contributed by atoms with van der Waals surface area (Å²) in [5.41, 5.74) is 0.885. The van der Waals surface area contributed by atoms with Crippen LogP contribution >= 0.6 is 11.8 Å². The van der Waals surface area contributed by atoms with E-state index in [0.717, 1.165) is 17.3 Å². The number of aryl methyl sites for hydroxylation is 1. The van der Waals surface area contributed by atoms with E-state index in [1.807, 2.05) is 13.0 Å². The van der Waals surface area contributed by atoms with Crippen molar-refractivity contribution < 1.29 is 14.3 Å².